The Kier molecular flexibility index (Phi) is 4.13. The second kappa shape index (κ2) is 6.22. The Labute approximate surface area is 133 Å². The smallest absolute Gasteiger partial charge is 0.116 e. The molecule has 0 fully saturated rings. The van der Waals surface area contributed by atoms with Crippen molar-refractivity contribution in [2.24, 2.45) is 0 Å². The van der Waals surface area contributed by atoms with Gasteiger partial charge in [0.1, 0.15) is 5.75 Å². The zero-order valence-corrected chi connectivity index (χ0v) is 12.5. The van der Waals surface area contributed by atoms with Crippen molar-refractivity contribution < 1.29 is 10.2 Å². The lowest BCUT2D eigenvalue weighted by molar-refractivity contribution is -0.387. The Morgan fingerprint density at radius 1 is 1.09 bits per heavy atom. The Hall–Kier alpha value is -2.30. The first kappa shape index (κ1) is 14.6. The van der Waals surface area contributed by atoms with Gasteiger partial charge in [-0.1, -0.05) is 48.5 Å². The summed E-state index contributed by atoms with van der Waals surface area (Å²) in [6, 6.07) is 16.2. The molecular formula is C17H14ClN2O2-. The Balaban J connectivity index is 2.04. The monoisotopic (exact) mass is 313 g/mol. The summed E-state index contributed by atoms with van der Waals surface area (Å²) < 4.78 is 1.74. The number of hydrogen-bond donors (Lipinski definition) is 1. The van der Waals surface area contributed by atoms with Crippen molar-refractivity contribution in [2.45, 2.75) is 13.2 Å². The van der Waals surface area contributed by atoms with Gasteiger partial charge >= 0.3 is 0 Å². The van der Waals surface area contributed by atoms with E-state index in [0.717, 1.165) is 16.8 Å². The van der Waals surface area contributed by atoms with Crippen molar-refractivity contribution in [3.05, 3.63) is 70.9 Å². The Morgan fingerprint density at radius 3 is 2.64 bits per heavy atom. The number of benzene rings is 2. The molecule has 0 radical (unpaired) electrons. The molecule has 0 saturated carbocycles. The lowest BCUT2D eigenvalue weighted by atomic mass is 10.1. The van der Waals surface area contributed by atoms with Gasteiger partial charge in [0.15, 0.2) is 0 Å². The molecule has 22 heavy (non-hydrogen) atoms. The Morgan fingerprint density at radius 2 is 1.91 bits per heavy atom. The maximum Gasteiger partial charge on any atom is 0.116 e. The summed E-state index contributed by atoms with van der Waals surface area (Å²) in [7, 11) is 0. The second-order valence-corrected chi connectivity index (χ2v) is 5.37. The average molecular weight is 314 g/mol. The summed E-state index contributed by atoms with van der Waals surface area (Å²) in [5.41, 5.74) is 2.97. The molecule has 0 aliphatic carbocycles. The summed E-state index contributed by atoms with van der Waals surface area (Å²) >= 11 is 6.20. The molecule has 0 amide bonds. The van der Waals surface area contributed by atoms with Gasteiger partial charge in [0, 0.05) is 16.3 Å². The van der Waals surface area contributed by atoms with Crippen molar-refractivity contribution in [3.63, 3.8) is 0 Å². The summed E-state index contributed by atoms with van der Waals surface area (Å²) in [6.45, 7) is 0.0754. The first-order valence-electron chi connectivity index (χ1n) is 6.85. The summed E-state index contributed by atoms with van der Waals surface area (Å²) in [5, 5.41) is 25.8. The van der Waals surface area contributed by atoms with Gasteiger partial charge in [-0.15, -0.1) is 0 Å². The van der Waals surface area contributed by atoms with Gasteiger partial charge in [0.25, 0.3) is 0 Å². The largest absolute Gasteiger partial charge is 0.850 e. The third-order valence-electron chi connectivity index (χ3n) is 3.40. The van der Waals surface area contributed by atoms with Gasteiger partial charge in [-0.3, -0.25) is 4.68 Å². The van der Waals surface area contributed by atoms with Crippen molar-refractivity contribution in [1.29, 1.82) is 0 Å². The van der Waals surface area contributed by atoms with E-state index in [0.29, 0.717) is 17.3 Å². The number of aromatic hydroxyl groups is 1. The van der Waals surface area contributed by atoms with Crippen LogP contribution in [0.1, 0.15) is 11.3 Å². The zero-order valence-electron chi connectivity index (χ0n) is 11.7. The first-order chi connectivity index (χ1) is 10.7. The maximum atomic E-state index is 11.2. The van der Waals surface area contributed by atoms with E-state index in [4.69, 9.17) is 11.6 Å². The number of hydrogen-bond acceptors (Lipinski definition) is 3. The van der Waals surface area contributed by atoms with Gasteiger partial charge in [0.2, 0.25) is 0 Å². The molecule has 0 aliphatic heterocycles. The number of nitrogens with zero attached hydrogens (tertiary/aromatic N) is 2. The van der Waals surface area contributed by atoms with Gasteiger partial charge in [-0.2, -0.15) is 5.10 Å². The fourth-order valence-electron chi connectivity index (χ4n) is 2.35. The minimum absolute atomic E-state index is 0.173. The molecular weight excluding hydrogens is 300 g/mol. The molecule has 0 aliphatic rings. The van der Waals surface area contributed by atoms with E-state index in [9.17, 15) is 10.2 Å². The van der Waals surface area contributed by atoms with E-state index in [2.05, 4.69) is 5.10 Å². The maximum absolute atomic E-state index is 11.2. The van der Waals surface area contributed by atoms with Crippen LogP contribution in [0.25, 0.3) is 11.3 Å². The van der Waals surface area contributed by atoms with Gasteiger partial charge in [-0.05, 0) is 29.8 Å². The molecule has 1 N–H and O–H groups in total. The van der Waals surface area contributed by atoms with Crippen molar-refractivity contribution in [3.8, 4) is 17.0 Å². The zero-order chi connectivity index (χ0) is 15.5. The van der Waals surface area contributed by atoms with E-state index < -0.39 is 0 Å². The molecule has 4 nitrogen and oxygen atoms in total. The molecule has 0 spiro atoms. The van der Waals surface area contributed by atoms with Crippen LogP contribution >= 0.6 is 11.6 Å². The molecule has 2 aromatic carbocycles. The molecule has 0 bridgehead atoms. The van der Waals surface area contributed by atoms with Crippen molar-refractivity contribution in [1.82, 2.24) is 9.78 Å². The van der Waals surface area contributed by atoms with E-state index in [-0.39, 0.29) is 12.4 Å². The van der Waals surface area contributed by atoms with Crippen LogP contribution in [0.3, 0.4) is 0 Å². The third kappa shape index (κ3) is 2.98. The molecule has 0 unspecified atom stereocenters. The number of rotatable bonds is 4. The second-order valence-electron chi connectivity index (χ2n) is 4.96. The highest BCUT2D eigenvalue weighted by Gasteiger charge is 2.10. The molecule has 3 aromatic rings. The standard InChI is InChI=1S/C17H14ClN2O2/c18-16-7-2-1-4-13(16)10-20-17(9-14(11-21)19-20)12-5-3-6-15(22)8-12/h1-9,22H,10-11H2/q-1. The van der Waals surface area contributed by atoms with Crippen LogP contribution in [0, 0.1) is 0 Å². The predicted octanol–water partition coefficient (Wildman–Crippen LogP) is 2.82. The number of phenols is 1. The number of halogens is 1. The lowest BCUT2D eigenvalue weighted by Gasteiger charge is -2.09. The average Bonchev–Trinajstić information content (AvgIpc) is 2.93. The minimum Gasteiger partial charge on any atom is -0.850 e. The van der Waals surface area contributed by atoms with Gasteiger partial charge in [0.05, 0.1) is 12.2 Å². The van der Waals surface area contributed by atoms with Gasteiger partial charge in [-0.25, -0.2) is 0 Å². The molecule has 3 rings (SSSR count). The first-order valence-corrected chi connectivity index (χ1v) is 7.23. The third-order valence-corrected chi connectivity index (χ3v) is 3.77. The Bertz CT molecular complexity index is 799. The molecule has 5 heteroatoms. The van der Waals surface area contributed by atoms with E-state index in [1.807, 2.05) is 30.3 Å². The summed E-state index contributed by atoms with van der Waals surface area (Å²) in [4.78, 5) is 0. The fourth-order valence-corrected chi connectivity index (χ4v) is 2.54. The molecule has 0 saturated heterocycles. The highest BCUT2D eigenvalue weighted by atomic mass is 35.5. The molecule has 1 aromatic heterocycles. The summed E-state index contributed by atoms with van der Waals surface area (Å²) in [6.07, 6.45) is 0. The normalized spacial score (nSPS) is 10.8. The topological polar surface area (TPSA) is 61.1 Å². The van der Waals surface area contributed by atoms with Crippen LogP contribution in [-0.2, 0) is 13.2 Å². The van der Waals surface area contributed by atoms with Crippen molar-refractivity contribution in [2.75, 3.05) is 0 Å². The van der Waals surface area contributed by atoms with E-state index in [1.165, 1.54) is 0 Å². The van der Waals surface area contributed by atoms with Crippen LogP contribution in [0.4, 0.5) is 0 Å². The van der Waals surface area contributed by atoms with Crippen LogP contribution in [0.5, 0.6) is 5.75 Å². The van der Waals surface area contributed by atoms with Crippen LogP contribution in [-0.4, -0.2) is 14.9 Å². The fraction of sp³-hybridized carbons (Fsp3) is 0.118. The molecule has 0 atom stereocenters. The van der Waals surface area contributed by atoms with Gasteiger partial charge < -0.3 is 10.2 Å². The highest BCUT2D eigenvalue weighted by Crippen LogP contribution is 2.26. The highest BCUT2D eigenvalue weighted by molar-refractivity contribution is 6.31. The quantitative estimate of drug-likeness (QED) is 0.805. The SMILES string of the molecule is [O-]Cc1cc(-c2cccc(O)c2)n(Cc2ccccc2Cl)n1. The van der Waals surface area contributed by atoms with Crippen LogP contribution in [0.15, 0.2) is 54.6 Å². The predicted molar refractivity (Wildman–Crippen MR) is 83.6 cm³/mol. The van der Waals surface area contributed by atoms with E-state index in [1.54, 1.807) is 28.9 Å². The van der Waals surface area contributed by atoms with Crippen LogP contribution in [0.2, 0.25) is 5.02 Å². The van der Waals surface area contributed by atoms with Crippen molar-refractivity contribution >= 4 is 11.6 Å². The number of phenolic OH excluding ortho intramolecular Hbond substituents is 1. The van der Waals surface area contributed by atoms with Crippen LogP contribution < -0.4 is 5.11 Å². The minimum atomic E-state index is -0.388. The number of aromatic nitrogens is 2. The van der Waals surface area contributed by atoms with E-state index >= 15 is 0 Å². The molecule has 1 heterocycles. The lowest BCUT2D eigenvalue weighted by Crippen LogP contribution is -2.07. The molecule has 112 valence electrons. The summed E-state index contributed by atoms with van der Waals surface area (Å²) in [5.74, 6) is 0.173.